The van der Waals surface area contributed by atoms with Gasteiger partial charge in [-0.2, -0.15) is 0 Å². The van der Waals surface area contributed by atoms with Crippen LogP contribution in [0.2, 0.25) is 0 Å². The largest absolute Gasteiger partial charge is 0.341 e. The molecular weight excluding hydrogens is 376 g/mol. The first-order valence-electron chi connectivity index (χ1n) is 9.32. The summed E-state index contributed by atoms with van der Waals surface area (Å²) in [7, 11) is 0. The molecule has 2 aromatic rings. The average molecular weight is 403 g/mol. The van der Waals surface area contributed by atoms with Crippen molar-refractivity contribution in [2.24, 2.45) is 5.73 Å². The molecule has 0 bridgehead atoms. The summed E-state index contributed by atoms with van der Waals surface area (Å²) in [6.07, 6.45) is 2.00. The Morgan fingerprint density at radius 2 is 1.57 bits per heavy atom. The van der Waals surface area contributed by atoms with Crippen molar-refractivity contribution in [3.8, 4) is 0 Å². The van der Waals surface area contributed by atoms with E-state index in [0.717, 1.165) is 24.1 Å². The second kappa shape index (κ2) is 10.7. The Bertz CT molecular complexity index is 750. The van der Waals surface area contributed by atoms with Gasteiger partial charge in [0.2, 0.25) is 5.91 Å². The van der Waals surface area contributed by atoms with Gasteiger partial charge in [0, 0.05) is 24.8 Å². The van der Waals surface area contributed by atoms with Crippen LogP contribution in [0.25, 0.3) is 0 Å². The third kappa shape index (κ3) is 6.25. The van der Waals surface area contributed by atoms with Gasteiger partial charge in [0.25, 0.3) is 0 Å². The fourth-order valence-corrected chi connectivity index (χ4v) is 3.31. The summed E-state index contributed by atoms with van der Waals surface area (Å²) in [5.74, 6) is -0.0222. The number of benzene rings is 2. The Hall–Kier alpha value is -2.57. The van der Waals surface area contributed by atoms with E-state index in [0.29, 0.717) is 19.5 Å². The van der Waals surface area contributed by atoms with Crippen molar-refractivity contribution >= 4 is 30.0 Å². The van der Waals surface area contributed by atoms with E-state index >= 15 is 0 Å². The van der Waals surface area contributed by atoms with Crippen LogP contribution in [0, 0.1) is 0 Å². The van der Waals surface area contributed by atoms with E-state index < -0.39 is 6.04 Å². The maximum absolute atomic E-state index is 12.6. The maximum atomic E-state index is 12.6. The van der Waals surface area contributed by atoms with Gasteiger partial charge in [-0.3, -0.25) is 4.79 Å². The maximum Gasteiger partial charge on any atom is 0.319 e. The van der Waals surface area contributed by atoms with E-state index in [4.69, 9.17) is 5.73 Å². The van der Waals surface area contributed by atoms with Gasteiger partial charge in [0.05, 0.1) is 6.04 Å². The highest BCUT2D eigenvalue weighted by atomic mass is 35.5. The van der Waals surface area contributed by atoms with Gasteiger partial charge < -0.3 is 21.3 Å². The molecule has 0 saturated carbocycles. The Labute approximate surface area is 171 Å². The van der Waals surface area contributed by atoms with Crippen LogP contribution in [0.4, 0.5) is 10.5 Å². The molecule has 1 aliphatic rings. The Morgan fingerprint density at radius 3 is 2.18 bits per heavy atom. The van der Waals surface area contributed by atoms with Crippen LogP contribution in [0.5, 0.6) is 0 Å². The summed E-state index contributed by atoms with van der Waals surface area (Å²) in [6.45, 7) is 1.22. The van der Waals surface area contributed by atoms with Crippen LogP contribution in [0.3, 0.4) is 0 Å². The van der Waals surface area contributed by atoms with Crippen LogP contribution in [0.1, 0.15) is 18.4 Å². The molecule has 7 heteroatoms. The minimum absolute atomic E-state index is 0. The van der Waals surface area contributed by atoms with E-state index in [1.54, 1.807) is 4.90 Å². The Kier molecular flexibility index (Phi) is 8.29. The molecule has 0 unspecified atom stereocenters. The number of amides is 3. The number of hydrogen-bond acceptors (Lipinski definition) is 3. The Morgan fingerprint density at radius 1 is 1.00 bits per heavy atom. The minimum atomic E-state index is -0.529. The summed E-state index contributed by atoms with van der Waals surface area (Å²) in [4.78, 5) is 26.5. The molecule has 1 atom stereocenters. The molecule has 1 heterocycles. The fourth-order valence-electron chi connectivity index (χ4n) is 3.31. The summed E-state index contributed by atoms with van der Waals surface area (Å²) >= 11 is 0. The summed E-state index contributed by atoms with van der Waals surface area (Å²) < 4.78 is 0. The number of nitrogens with two attached hydrogens (primary N) is 1. The molecule has 0 aromatic heterocycles. The number of halogens is 1. The number of nitrogens with zero attached hydrogens (tertiary/aromatic N) is 1. The third-order valence-electron chi connectivity index (χ3n) is 4.79. The van der Waals surface area contributed by atoms with E-state index in [-0.39, 0.29) is 30.4 Å². The first-order chi connectivity index (χ1) is 13.1. The summed E-state index contributed by atoms with van der Waals surface area (Å²) in [5, 5.41) is 5.79. The molecule has 0 radical (unpaired) electrons. The van der Waals surface area contributed by atoms with E-state index in [9.17, 15) is 9.59 Å². The number of carbonyl (C=O) groups is 2. The molecule has 3 rings (SSSR count). The summed E-state index contributed by atoms with van der Waals surface area (Å²) in [5.41, 5.74) is 7.93. The molecule has 150 valence electrons. The molecule has 3 amide bonds. The molecule has 0 spiro atoms. The number of hydrogen-bond donors (Lipinski definition) is 3. The lowest BCUT2D eigenvalue weighted by Gasteiger charge is -2.33. The van der Waals surface area contributed by atoms with Crippen molar-refractivity contribution in [1.82, 2.24) is 10.2 Å². The number of rotatable bonds is 5. The summed E-state index contributed by atoms with van der Waals surface area (Å²) in [6, 6.07) is 18.5. The SMILES string of the molecule is Cl.N[C@@H](Cc1ccccc1)C(=O)N1CCC(NC(=O)Nc2ccccc2)CC1. The number of piperidine rings is 1. The van der Waals surface area contributed by atoms with E-state index in [1.807, 2.05) is 60.7 Å². The lowest BCUT2D eigenvalue weighted by atomic mass is 10.0. The average Bonchev–Trinajstić information content (AvgIpc) is 2.69. The van der Waals surface area contributed by atoms with Gasteiger partial charge in [-0.1, -0.05) is 48.5 Å². The molecule has 6 nitrogen and oxygen atoms in total. The van der Waals surface area contributed by atoms with Crippen LogP contribution in [-0.2, 0) is 11.2 Å². The quantitative estimate of drug-likeness (QED) is 0.718. The van der Waals surface area contributed by atoms with Crippen molar-refractivity contribution in [1.29, 1.82) is 0 Å². The van der Waals surface area contributed by atoms with Gasteiger partial charge in [-0.25, -0.2) is 4.79 Å². The third-order valence-corrected chi connectivity index (χ3v) is 4.79. The second-order valence-electron chi connectivity index (χ2n) is 6.86. The van der Waals surface area contributed by atoms with Crippen LogP contribution < -0.4 is 16.4 Å². The topological polar surface area (TPSA) is 87.5 Å². The molecule has 4 N–H and O–H groups in total. The van der Waals surface area contributed by atoms with E-state index in [1.165, 1.54) is 0 Å². The minimum Gasteiger partial charge on any atom is -0.341 e. The van der Waals surface area contributed by atoms with Crippen molar-refractivity contribution in [2.45, 2.75) is 31.3 Å². The van der Waals surface area contributed by atoms with Crippen LogP contribution >= 0.6 is 12.4 Å². The van der Waals surface area contributed by atoms with Gasteiger partial charge in [0.15, 0.2) is 0 Å². The zero-order chi connectivity index (χ0) is 19.1. The monoisotopic (exact) mass is 402 g/mol. The zero-order valence-electron chi connectivity index (χ0n) is 15.7. The number of nitrogens with one attached hydrogen (secondary N) is 2. The molecule has 2 aromatic carbocycles. The van der Waals surface area contributed by atoms with Crippen molar-refractivity contribution in [3.05, 3.63) is 66.2 Å². The zero-order valence-corrected chi connectivity index (χ0v) is 16.5. The van der Waals surface area contributed by atoms with Crippen molar-refractivity contribution in [2.75, 3.05) is 18.4 Å². The normalized spacial score (nSPS) is 15.2. The highest BCUT2D eigenvalue weighted by Gasteiger charge is 2.27. The van der Waals surface area contributed by atoms with Crippen LogP contribution in [-0.4, -0.2) is 42.0 Å². The predicted octanol–water partition coefficient (Wildman–Crippen LogP) is 2.79. The number of para-hydroxylation sites is 1. The highest BCUT2D eigenvalue weighted by molar-refractivity contribution is 5.89. The van der Waals surface area contributed by atoms with Crippen LogP contribution in [0.15, 0.2) is 60.7 Å². The van der Waals surface area contributed by atoms with Gasteiger partial charge >= 0.3 is 6.03 Å². The van der Waals surface area contributed by atoms with Crippen molar-refractivity contribution < 1.29 is 9.59 Å². The van der Waals surface area contributed by atoms with Gasteiger partial charge in [-0.15, -0.1) is 12.4 Å². The number of likely N-dealkylation sites (tertiary alicyclic amines) is 1. The Balaban J connectivity index is 0.00000280. The molecule has 1 fully saturated rings. The molecular formula is C21H27ClN4O2. The first kappa shape index (κ1) is 21.7. The fraction of sp³-hybridized carbons (Fsp3) is 0.333. The standard InChI is InChI=1S/C21H26N4O2.ClH/c22-19(15-16-7-3-1-4-8-16)20(26)25-13-11-18(12-14-25)24-21(27)23-17-9-5-2-6-10-17;/h1-10,18-19H,11-15,22H2,(H2,23,24,27);1H/t19-;/m0./s1. The second-order valence-corrected chi connectivity index (χ2v) is 6.86. The number of urea groups is 1. The van der Waals surface area contributed by atoms with E-state index in [2.05, 4.69) is 10.6 Å². The predicted molar refractivity (Wildman–Crippen MR) is 114 cm³/mol. The van der Waals surface area contributed by atoms with Gasteiger partial charge in [-0.05, 0) is 37.0 Å². The molecule has 1 saturated heterocycles. The van der Waals surface area contributed by atoms with Crippen molar-refractivity contribution in [3.63, 3.8) is 0 Å². The highest BCUT2D eigenvalue weighted by Crippen LogP contribution is 2.13. The lowest BCUT2D eigenvalue weighted by Crippen LogP contribution is -2.51. The number of anilines is 1. The first-order valence-corrected chi connectivity index (χ1v) is 9.32. The lowest BCUT2D eigenvalue weighted by molar-refractivity contribution is -0.133. The molecule has 0 aliphatic carbocycles. The van der Waals surface area contributed by atoms with Gasteiger partial charge in [0.1, 0.15) is 0 Å². The molecule has 28 heavy (non-hydrogen) atoms. The number of carbonyl (C=O) groups excluding carboxylic acids is 2. The smallest absolute Gasteiger partial charge is 0.319 e. The molecule has 1 aliphatic heterocycles.